The van der Waals surface area contributed by atoms with Gasteiger partial charge in [0, 0.05) is 6.54 Å². The predicted molar refractivity (Wildman–Crippen MR) is 88.0 cm³/mol. The molecule has 0 unspecified atom stereocenters. The Balaban J connectivity index is 1.58. The molecule has 0 atom stereocenters. The van der Waals surface area contributed by atoms with Gasteiger partial charge in [-0.2, -0.15) is 0 Å². The van der Waals surface area contributed by atoms with Crippen molar-refractivity contribution in [3.8, 4) is 0 Å². The number of carboxylic acids is 1. The quantitative estimate of drug-likeness (QED) is 0.904. The first kappa shape index (κ1) is 15.5. The van der Waals surface area contributed by atoms with Crippen LogP contribution in [-0.4, -0.2) is 29.1 Å². The Hall–Kier alpha value is -1.35. The van der Waals surface area contributed by atoms with Crippen molar-refractivity contribution in [2.75, 3.05) is 13.1 Å². The first-order valence-corrected chi connectivity index (χ1v) is 8.72. The molecule has 3 nitrogen and oxygen atoms in total. The molecule has 1 heterocycles. The Kier molecular flexibility index (Phi) is 4.82. The molecule has 120 valence electrons. The number of nitrogens with zero attached hydrogens (tertiary/aromatic N) is 1. The highest BCUT2D eigenvalue weighted by Crippen LogP contribution is 2.44. The Morgan fingerprint density at radius 1 is 0.955 bits per heavy atom. The van der Waals surface area contributed by atoms with Crippen molar-refractivity contribution < 1.29 is 9.90 Å². The minimum Gasteiger partial charge on any atom is -0.478 e. The van der Waals surface area contributed by atoms with Crippen LogP contribution >= 0.6 is 0 Å². The van der Waals surface area contributed by atoms with E-state index < -0.39 is 5.97 Å². The van der Waals surface area contributed by atoms with Crippen LogP contribution in [0.3, 0.4) is 0 Å². The van der Waals surface area contributed by atoms with Crippen molar-refractivity contribution in [2.24, 2.45) is 5.41 Å². The fourth-order valence-corrected chi connectivity index (χ4v) is 4.28. The van der Waals surface area contributed by atoms with Crippen molar-refractivity contribution >= 4 is 5.97 Å². The van der Waals surface area contributed by atoms with Gasteiger partial charge in [-0.15, -0.1) is 0 Å². The average molecular weight is 301 g/mol. The van der Waals surface area contributed by atoms with Crippen molar-refractivity contribution in [1.82, 2.24) is 4.90 Å². The van der Waals surface area contributed by atoms with Gasteiger partial charge in [0.2, 0.25) is 0 Å². The predicted octanol–water partition coefficient (Wildman–Crippen LogP) is 4.32. The van der Waals surface area contributed by atoms with E-state index >= 15 is 0 Å². The summed E-state index contributed by atoms with van der Waals surface area (Å²) in [5.74, 6) is -0.847. The number of rotatable bonds is 3. The van der Waals surface area contributed by atoms with Gasteiger partial charge in [0.25, 0.3) is 0 Å². The van der Waals surface area contributed by atoms with Crippen LogP contribution in [0.25, 0.3) is 0 Å². The van der Waals surface area contributed by atoms with Gasteiger partial charge in [0.15, 0.2) is 0 Å². The van der Waals surface area contributed by atoms with E-state index in [0.717, 1.165) is 6.54 Å². The van der Waals surface area contributed by atoms with Crippen molar-refractivity contribution in [2.45, 2.75) is 57.9 Å². The highest BCUT2D eigenvalue weighted by molar-refractivity contribution is 5.87. The molecular formula is C19H27NO2. The molecule has 22 heavy (non-hydrogen) atoms. The summed E-state index contributed by atoms with van der Waals surface area (Å²) in [4.78, 5) is 13.5. The van der Waals surface area contributed by atoms with Gasteiger partial charge in [-0.3, -0.25) is 4.90 Å². The lowest BCUT2D eigenvalue weighted by atomic mass is 9.69. The second-order valence-corrected chi connectivity index (χ2v) is 7.19. The maximum absolute atomic E-state index is 10.9. The Bertz CT molecular complexity index is 503. The number of likely N-dealkylation sites (tertiary alicyclic amines) is 1. The summed E-state index contributed by atoms with van der Waals surface area (Å²) in [6.07, 6.45) is 11.2. The van der Waals surface area contributed by atoms with Gasteiger partial charge in [-0.1, -0.05) is 31.4 Å². The second kappa shape index (κ2) is 6.82. The lowest BCUT2D eigenvalue weighted by molar-refractivity contribution is 0.0697. The van der Waals surface area contributed by atoms with Gasteiger partial charge in [0.1, 0.15) is 0 Å². The smallest absolute Gasteiger partial charge is 0.335 e. The minimum absolute atomic E-state index is 0.376. The zero-order valence-corrected chi connectivity index (χ0v) is 13.4. The van der Waals surface area contributed by atoms with Crippen molar-refractivity contribution in [3.63, 3.8) is 0 Å². The lowest BCUT2D eigenvalue weighted by Gasteiger charge is -2.36. The van der Waals surface area contributed by atoms with Gasteiger partial charge in [-0.05, 0) is 68.3 Å². The second-order valence-electron chi connectivity index (χ2n) is 7.19. The first-order chi connectivity index (χ1) is 10.7. The summed E-state index contributed by atoms with van der Waals surface area (Å²) in [5, 5.41) is 8.96. The summed E-state index contributed by atoms with van der Waals surface area (Å²) in [6.45, 7) is 3.33. The number of carbonyl (C=O) groups is 1. The molecule has 0 bridgehead atoms. The molecule has 1 saturated heterocycles. The van der Waals surface area contributed by atoms with E-state index in [9.17, 15) is 4.79 Å². The zero-order chi connectivity index (χ0) is 15.4. The molecule has 0 aromatic heterocycles. The number of hydrogen-bond acceptors (Lipinski definition) is 2. The van der Waals surface area contributed by atoms with Crippen LogP contribution < -0.4 is 0 Å². The van der Waals surface area contributed by atoms with Crippen molar-refractivity contribution in [1.29, 1.82) is 0 Å². The minimum atomic E-state index is -0.847. The van der Waals surface area contributed by atoms with E-state index in [4.69, 9.17) is 5.11 Å². The molecule has 3 heteroatoms. The standard InChI is InChI=1S/C19H27NO2/c21-18(22)17-7-5-16(6-8-17)15-20-13-4-11-19(12-14-20)9-2-1-3-10-19/h5-8H,1-4,9-15H2,(H,21,22). The summed E-state index contributed by atoms with van der Waals surface area (Å²) in [6, 6.07) is 7.37. The van der Waals surface area contributed by atoms with Gasteiger partial charge >= 0.3 is 5.97 Å². The maximum atomic E-state index is 10.9. The molecule has 3 rings (SSSR count). The average Bonchev–Trinajstić information content (AvgIpc) is 2.72. The molecule has 2 fully saturated rings. The highest BCUT2D eigenvalue weighted by atomic mass is 16.4. The van der Waals surface area contributed by atoms with E-state index in [-0.39, 0.29) is 0 Å². The van der Waals surface area contributed by atoms with Gasteiger partial charge in [-0.25, -0.2) is 4.79 Å². The van der Waals surface area contributed by atoms with Crippen molar-refractivity contribution in [3.05, 3.63) is 35.4 Å². The molecule has 1 aliphatic heterocycles. The number of hydrogen-bond donors (Lipinski definition) is 1. The maximum Gasteiger partial charge on any atom is 0.335 e. The Labute approximate surface area is 133 Å². The van der Waals surface area contributed by atoms with Crippen LogP contribution in [0.5, 0.6) is 0 Å². The molecule has 1 aromatic rings. The monoisotopic (exact) mass is 301 g/mol. The molecule has 2 aliphatic rings. The molecule has 1 spiro atoms. The van der Waals surface area contributed by atoms with Crippen LogP contribution in [-0.2, 0) is 6.54 Å². The van der Waals surface area contributed by atoms with E-state index in [0.29, 0.717) is 11.0 Å². The van der Waals surface area contributed by atoms with Crippen LogP contribution in [0.2, 0.25) is 0 Å². The number of aromatic carboxylic acids is 1. The van der Waals surface area contributed by atoms with E-state index in [1.807, 2.05) is 12.1 Å². The van der Waals surface area contributed by atoms with E-state index in [1.54, 1.807) is 12.1 Å². The van der Waals surface area contributed by atoms with E-state index in [1.165, 1.54) is 70.0 Å². The van der Waals surface area contributed by atoms with Gasteiger partial charge < -0.3 is 5.11 Å². The van der Waals surface area contributed by atoms with Crippen LogP contribution in [0.4, 0.5) is 0 Å². The fourth-order valence-electron chi connectivity index (χ4n) is 4.28. The topological polar surface area (TPSA) is 40.5 Å². The molecule has 1 aliphatic carbocycles. The fraction of sp³-hybridized carbons (Fsp3) is 0.632. The molecule has 0 radical (unpaired) electrons. The van der Waals surface area contributed by atoms with E-state index in [2.05, 4.69) is 4.90 Å². The summed E-state index contributed by atoms with van der Waals surface area (Å²) < 4.78 is 0. The van der Waals surface area contributed by atoms with Crippen LogP contribution in [0, 0.1) is 5.41 Å². The molecule has 0 amide bonds. The van der Waals surface area contributed by atoms with Crippen LogP contribution in [0.1, 0.15) is 67.3 Å². The zero-order valence-electron chi connectivity index (χ0n) is 13.4. The largest absolute Gasteiger partial charge is 0.478 e. The summed E-state index contributed by atoms with van der Waals surface area (Å²) in [5.41, 5.74) is 2.24. The molecular weight excluding hydrogens is 274 g/mol. The third kappa shape index (κ3) is 3.70. The summed E-state index contributed by atoms with van der Waals surface area (Å²) >= 11 is 0. The van der Waals surface area contributed by atoms with Gasteiger partial charge in [0.05, 0.1) is 5.56 Å². The lowest BCUT2D eigenvalue weighted by Crippen LogP contribution is -2.28. The first-order valence-electron chi connectivity index (χ1n) is 8.72. The third-order valence-corrected chi connectivity index (χ3v) is 5.66. The molecule has 1 aromatic carbocycles. The molecule has 1 saturated carbocycles. The SMILES string of the molecule is O=C(O)c1ccc(CN2CCCC3(CCCCC3)CC2)cc1. The Morgan fingerprint density at radius 2 is 1.64 bits per heavy atom. The summed E-state index contributed by atoms with van der Waals surface area (Å²) in [7, 11) is 0. The highest BCUT2D eigenvalue weighted by Gasteiger charge is 2.33. The third-order valence-electron chi connectivity index (χ3n) is 5.66. The normalized spacial score (nSPS) is 22.4. The Morgan fingerprint density at radius 3 is 2.32 bits per heavy atom. The molecule has 1 N–H and O–H groups in total. The number of carboxylic acid groups (broad SMARTS) is 1. The number of benzene rings is 1. The van der Waals surface area contributed by atoms with Crippen LogP contribution in [0.15, 0.2) is 24.3 Å².